The lowest BCUT2D eigenvalue weighted by Crippen LogP contribution is -2.13. The van der Waals surface area contributed by atoms with E-state index in [2.05, 4.69) is 20.0 Å². The summed E-state index contributed by atoms with van der Waals surface area (Å²) >= 11 is 7.58. The zero-order chi connectivity index (χ0) is 21.2. The molecule has 0 bridgehead atoms. The standard InChI is InChI=1S/C18H18ClN5O3S2/c1-11-4-12(10-24(11)18-20-8-16(28-2)9-21-18)17(25)22-14-5-13(19)6-15(7-14)23-29(3,26)27/h4-10,23H,1-3H3,(H,22,25). The van der Waals surface area contributed by atoms with Crippen LogP contribution in [0.4, 0.5) is 11.4 Å². The fourth-order valence-corrected chi connectivity index (χ4v) is 3.69. The Morgan fingerprint density at radius 2 is 1.79 bits per heavy atom. The highest BCUT2D eigenvalue weighted by Gasteiger charge is 2.14. The first-order valence-corrected chi connectivity index (χ1v) is 11.8. The molecule has 2 N–H and O–H groups in total. The molecule has 0 saturated heterocycles. The van der Waals surface area contributed by atoms with Crippen molar-refractivity contribution in [2.24, 2.45) is 0 Å². The Kier molecular flexibility index (Phi) is 6.15. The second-order valence-corrected chi connectivity index (χ2v) is 9.28. The van der Waals surface area contributed by atoms with E-state index < -0.39 is 10.0 Å². The molecule has 3 rings (SSSR count). The Morgan fingerprint density at radius 3 is 2.41 bits per heavy atom. The molecule has 0 radical (unpaired) electrons. The van der Waals surface area contributed by atoms with Gasteiger partial charge in [-0.2, -0.15) is 0 Å². The van der Waals surface area contributed by atoms with Gasteiger partial charge in [0.25, 0.3) is 5.91 Å². The molecule has 0 aliphatic carbocycles. The topological polar surface area (TPSA) is 106 Å². The number of carbonyl (C=O) groups excluding carboxylic acids is 1. The number of hydrogen-bond acceptors (Lipinski definition) is 6. The summed E-state index contributed by atoms with van der Waals surface area (Å²) in [5, 5.41) is 3.00. The number of benzene rings is 1. The Bertz CT molecular complexity index is 1160. The number of amides is 1. The minimum atomic E-state index is -3.47. The number of nitrogens with one attached hydrogen (secondary N) is 2. The lowest BCUT2D eigenvalue weighted by Gasteiger charge is -2.09. The highest BCUT2D eigenvalue weighted by Crippen LogP contribution is 2.24. The second-order valence-electron chi connectivity index (χ2n) is 6.22. The molecule has 2 aromatic heterocycles. The van der Waals surface area contributed by atoms with Gasteiger partial charge in [-0.25, -0.2) is 18.4 Å². The van der Waals surface area contributed by atoms with E-state index in [1.54, 1.807) is 41.0 Å². The van der Waals surface area contributed by atoms with Gasteiger partial charge in [-0.1, -0.05) is 11.6 Å². The number of carbonyl (C=O) groups is 1. The van der Waals surface area contributed by atoms with Gasteiger partial charge < -0.3 is 5.32 Å². The van der Waals surface area contributed by atoms with Crippen LogP contribution in [0.2, 0.25) is 5.02 Å². The van der Waals surface area contributed by atoms with Crippen molar-refractivity contribution in [3.8, 4) is 5.95 Å². The molecule has 0 aliphatic rings. The summed E-state index contributed by atoms with van der Waals surface area (Å²) in [5.74, 6) is 0.0851. The first kappa shape index (κ1) is 21.2. The SMILES string of the molecule is CSc1cnc(-n2cc(C(=O)Nc3cc(Cl)cc(NS(C)(=O)=O)c3)cc2C)nc1. The number of hydrogen-bond donors (Lipinski definition) is 2. The molecular weight excluding hydrogens is 434 g/mol. The van der Waals surface area contributed by atoms with Gasteiger partial charge in [0.1, 0.15) is 0 Å². The van der Waals surface area contributed by atoms with Gasteiger partial charge in [-0.3, -0.25) is 14.1 Å². The number of aromatic nitrogens is 3. The van der Waals surface area contributed by atoms with E-state index >= 15 is 0 Å². The summed E-state index contributed by atoms with van der Waals surface area (Å²) in [6.07, 6.45) is 8.04. The summed E-state index contributed by atoms with van der Waals surface area (Å²) in [7, 11) is -3.47. The van der Waals surface area contributed by atoms with Gasteiger partial charge in [0.15, 0.2) is 0 Å². The van der Waals surface area contributed by atoms with Crippen molar-refractivity contribution in [2.45, 2.75) is 11.8 Å². The fourth-order valence-electron chi connectivity index (χ4n) is 2.59. The third kappa shape index (κ3) is 5.49. The molecule has 29 heavy (non-hydrogen) atoms. The predicted molar refractivity (Wildman–Crippen MR) is 116 cm³/mol. The maximum absolute atomic E-state index is 12.7. The molecule has 1 aromatic carbocycles. The van der Waals surface area contributed by atoms with Gasteiger partial charge in [0.2, 0.25) is 16.0 Å². The van der Waals surface area contributed by atoms with Crippen LogP contribution < -0.4 is 10.0 Å². The number of anilines is 2. The lowest BCUT2D eigenvalue weighted by molar-refractivity contribution is 0.102. The maximum atomic E-state index is 12.7. The summed E-state index contributed by atoms with van der Waals surface area (Å²) < 4.78 is 26.9. The average molecular weight is 452 g/mol. The van der Waals surface area contributed by atoms with Crippen LogP contribution >= 0.6 is 23.4 Å². The minimum Gasteiger partial charge on any atom is -0.322 e. The molecule has 11 heteroatoms. The molecule has 1 amide bonds. The van der Waals surface area contributed by atoms with Crippen LogP contribution in [0.1, 0.15) is 16.1 Å². The van der Waals surface area contributed by atoms with Crippen LogP contribution in [-0.4, -0.2) is 41.4 Å². The summed E-state index contributed by atoms with van der Waals surface area (Å²) in [6, 6.07) is 6.18. The largest absolute Gasteiger partial charge is 0.322 e. The molecule has 0 unspecified atom stereocenters. The van der Waals surface area contributed by atoms with E-state index in [1.165, 1.54) is 18.2 Å². The van der Waals surface area contributed by atoms with Gasteiger partial charge in [-0.05, 0) is 37.4 Å². The molecular formula is C18H18ClN5O3S2. The number of halogens is 1. The maximum Gasteiger partial charge on any atom is 0.257 e. The summed E-state index contributed by atoms with van der Waals surface area (Å²) in [6.45, 7) is 1.84. The Hall–Kier alpha value is -2.56. The first-order chi connectivity index (χ1) is 13.6. The second kappa shape index (κ2) is 8.44. The minimum absolute atomic E-state index is 0.256. The zero-order valence-electron chi connectivity index (χ0n) is 15.8. The predicted octanol–water partition coefficient (Wildman–Crippen LogP) is 3.57. The molecule has 0 atom stereocenters. The van der Waals surface area contributed by atoms with Crippen LogP contribution in [0.25, 0.3) is 5.95 Å². The Morgan fingerprint density at radius 1 is 1.14 bits per heavy atom. The van der Waals surface area contributed by atoms with Crippen molar-refractivity contribution in [2.75, 3.05) is 22.6 Å². The molecule has 152 valence electrons. The number of nitrogens with zero attached hydrogens (tertiary/aromatic N) is 3. The van der Waals surface area contributed by atoms with Crippen LogP contribution in [-0.2, 0) is 10.0 Å². The molecule has 3 aromatic rings. The fraction of sp³-hybridized carbons (Fsp3) is 0.167. The van der Waals surface area contributed by atoms with E-state index in [-0.39, 0.29) is 16.6 Å². The van der Waals surface area contributed by atoms with E-state index in [4.69, 9.17) is 11.6 Å². The number of rotatable bonds is 6. The Labute approximate surface area is 177 Å². The third-order valence-corrected chi connectivity index (χ3v) is 5.31. The van der Waals surface area contributed by atoms with E-state index in [1.807, 2.05) is 13.2 Å². The highest BCUT2D eigenvalue weighted by molar-refractivity contribution is 7.98. The quantitative estimate of drug-likeness (QED) is 0.555. The molecule has 0 fully saturated rings. The zero-order valence-corrected chi connectivity index (χ0v) is 18.2. The normalized spacial score (nSPS) is 11.3. The van der Waals surface area contributed by atoms with Gasteiger partial charge >= 0.3 is 0 Å². The van der Waals surface area contributed by atoms with Crippen molar-refractivity contribution < 1.29 is 13.2 Å². The van der Waals surface area contributed by atoms with Crippen LogP contribution in [0.3, 0.4) is 0 Å². The highest BCUT2D eigenvalue weighted by atomic mass is 35.5. The van der Waals surface area contributed by atoms with Crippen molar-refractivity contribution in [3.05, 3.63) is 59.1 Å². The van der Waals surface area contributed by atoms with E-state index in [0.717, 1.165) is 16.8 Å². The number of thioether (sulfide) groups is 1. The first-order valence-electron chi connectivity index (χ1n) is 8.30. The third-order valence-electron chi connectivity index (χ3n) is 3.80. The van der Waals surface area contributed by atoms with Crippen LogP contribution in [0.5, 0.6) is 0 Å². The number of aryl methyl sites for hydroxylation is 1. The van der Waals surface area contributed by atoms with Crippen LogP contribution in [0, 0.1) is 6.92 Å². The monoisotopic (exact) mass is 451 g/mol. The molecule has 8 nitrogen and oxygen atoms in total. The van der Waals surface area contributed by atoms with Crippen LogP contribution in [0.15, 0.2) is 47.8 Å². The lowest BCUT2D eigenvalue weighted by atomic mass is 10.2. The molecule has 0 saturated carbocycles. The van der Waals surface area contributed by atoms with Crippen molar-refractivity contribution >= 4 is 50.7 Å². The Balaban J connectivity index is 1.83. The van der Waals surface area contributed by atoms with Gasteiger partial charge in [-0.15, -0.1) is 11.8 Å². The van der Waals surface area contributed by atoms with E-state index in [9.17, 15) is 13.2 Å². The van der Waals surface area contributed by atoms with Gasteiger partial charge in [0, 0.05) is 39.9 Å². The van der Waals surface area contributed by atoms with Crippen molar-refractivity contribution in [1.29, 1.82) is 0 Å². The van der Waals surface area contributed by atoms with Crippen molar-refractivity contribution in [1.82, 2.24) is 14.5 Å². The summed E-state index contributed by atoms with van der Waals surface area (Å²) in [4.78, 5) is 22.2. The van der Waals surface area contributed by atoms with Gasteiger partial charge in [0.05, 0.1) is 17.5 Å². The summed E-state index contributed by atoms with van der Waals surface area (Å²) in [5.41, 5.74) is 1.81. The molecule has 0 aliphatic heterocycles. The molecule has 0 spiro atoms. The van der Waals surface area contributed by atoms with Crippen molar-refractivity contribution in [3.63, 3.8) is 0 Å². The molecule has 2 heterocycles. The average Bonchev–Trinajstić information content (AvgIpc) is 3.01. The van der Waals surface area contributed by atoms with E-state index in [0.29, 0.717) is 17.2 Å². The smallest absolute Gasteiger partial charge is 0.257 e. The number of sulfonamides is 1.